The number of hydrazine groups is 1. The minimum atomic E-state index is 0.508. The second-order valence-electron chi connectivity index (χ2n) is 7.74. The van der Waals surface area contributed by atoms with Crippen molar-refractivity contribution in [2.24, 2.45) is 5.92 Å². The molecule has 0 radical (unpaired) electrons. The van der Waals surface area contributed by atoms with Crippen LogP contribution in [0.2, 0.25) is 0 Å². The molecule has 2 N–H and O–H groups in total. The van der Waals surface area contributed by atoms with Gasteiger partial charge in [-0.2, -0.15) is 0 Å². The Morgan fingerprint density at radius 1 is 1.08 bits per heavy atom. The molecule has 2 aromatic rings. The van der Waals surface area contributed by atoms with Gasteiger partial charge in [0.25, 0.3) is 0 Å². The Hall–Kier alpha value is -1.69. The Kier molecular flexibility index (Phi) is 5.38. The fourth-order valence-electron chi connectivity index (χ4n) is 4.49. The van der Waals surface area contributed by atoms with Crippen molar-refractivity contribution in [1.82, 2.24) is 20.4 Å². The predicted octanol–water partition coefficient (Wildman–Crippen LogP) is 3.34. The van der Waals surface area contributed by atoms with E-state index in [9.17, 15) is 0 Å². The Labute approximate surface area is 156 Å². The Balaban J connectivity index is 1.60. The summed E-state index contributed by atoms with van der Waals surface area (Å²) in [6, 6.07) is 11.6. The van der Waals surface area contributed by atoms with E-state index in [0.29, 0.717) is 23.9 Å². The molecule has 26 heavy (non-hydrogen) atoms. The molecular formula is C21H30N4O. The summed E-state index contributed by atoms with van der Waals surface area (Å²) in [5, 5.41) is 0. The van der Waals surface area contributed by atoms with Gasteiger partial charge in [0.05, 0.1) is 12.0 Å². The maximum absolute atomic E-state index is 5.61. The van der Waals surface area contributed by atoms with Crippen LogP contribution in [0.1, 0.15) is 44.7 Å². The lowest BCUT2D eigenvalue weighted by molar-refractivity contribution is 0.0838. The molecule has 3 heterocycles. The molecule has 2 saturated heterocycles. The third-order valence-corrected chi connectivity index (χ3v) is 6.06. The summed E-state index contributed by atoms with van der Waals surface area (Å²) < 4.78 is 8.02. The fourth-order valence-corrected chi connectivity index (χ4v) is 4.49. The van der Waals surface area contributed by atoms with E-state index in [1.807, 2.05) is 0 Å². The molecule has 1 aromatic carbocycles. The number of hydrogen-bond acceptors (Lipinski definition) is 4. The summed E-state index contributed by atoms with van der Waals surface area (Å²) in [5.74, 6) is 1.18. The van der Waals surface area contributed by atoms with E-state index in [1.165, 1.54) is 11.3 Å². The first-order valence-electron chi connectivity index (χ1n) is 9.93. The Morgan fingerprint density at radius 3 is 2.46 bits per heavy atom. The molecule has 0 bridgehead atoms. The van der Waals surface area contributed by atoms with E-state index in [0.717, 1.165) is 44.7 Å². The highest BCUT2D eigenvalue weighted by atomic mass is 16.5. The highest BCUT2D eigenvalue weighted by molar-refractivity contribution is 5.62. The van der Waals surface area contributed by atoms with E-state index < -0.39 is 0 Å². The largest absolute Gasteiger partial charge is 0.381 e. The van der Waals surface area contributed by atoms with E-state index in [-0.39, 0.29) is 0 Å². The molecule has 0 aliphatic carbocycles. The van der Waals surface area contributed by atoms with Gasteiger partial charge in [-0.25, -0.2) is 4.98 Å². The lowest BCUT2D eigenvalue weighted by Gasteiger charge is -2.25. The van der Waals surface area contributed by atoms with E-state index in [1.54, 1.807) is 0 Å². The molecule has 0 saturated carbocycles. The summed E-state index contributed by atoms with van der Waals surface area (Å²) in [4.78, 5) is 4.84. The number of aryl methyl sites for hydroxylation is 1. The third-order valence-electron chi connectivity index (χ3n) is 6.06. The van der Waals surface area contributed by atoms with Crippen molar-refractivity contribution in [1.29, 1.82) is 0 Å². The van der Waals surface area contributed by atoms with Crippen molar-refractivity contribution in [3.8, 4) is 11.3 Å². The number of ether oxygens (including phenoxy) is 1. The van der Waals surface area contributed by atoms with Crippen molar-refractivity contribution in [2.75, 3.05) is 13.2 Å². The van der Waals surface area contributed by atoms with Crippen LogP contribution in [0.3, 0.4) is 0 Å². The van der Waals surface area contributed by atoms with Crippen LogP contribution in [0.4, 0.5) is 0 Å². The maximum Gasteiger partial charge on any atom is 0.0956 e. The molecule has 2 aliphatic heterocycles. The van der Waals surface area contributed by atoms with Crippen molar-refractivity contribution in [3.63, 3.8) is 0 Å². The van der Waals surface area contributed by atoms with Crippen LogP contribution in [0.5, 0.6) is 0 Å². The zero-order chi connectivity index (χ0) is 17.9. The minimum absolute atomic E-state index is 0.508. The second kappa shape index (κ2) is 7.91. The zero-order valence-corrected chi connectivity index (χ0v) is 15.8. The average molecular weight is 354 g/mol. The van der Waals surface area contributed by atoms with Crippen molar-refractivity contribution >= 4 is 0 Å². The molecule has 4 rings (SSSR count). The third kappa shape index (κ3) is 3.56. The van der Waals surface area contributed by atoms with Crippen LogP contribution in [0.15, 0.2) is 36.7 Å². The highest BCUT2D eigenvalue weighted by Gasteiger charge is 2.30. The quantitative estimate of drug-likeness (QED) is 0.865. The minimum Gasteiger partial charge on any atom is -0.381 e. The number of nitrogens with zero attached hydrogens (tertiary/aromatic N) is 2. The standard InChI is InChI=1S/C21H30N4O/c1-15-19(16(2)24-23-15)8-11-25-14-22-20(17-6-4-3-5-7-17)21(25)18-9-12-26-13-10-18/h3-7,14-16,18-19,23-24H,8-13H2,1-2H3. The van der Waals surface area contributed by atoms with Gasteiger partial charge in [-0.3, -0.25) is 10.9 Å². The summed E-state index contributed by atoms with van der Waals surface area (Å²) in [6.45, 7) is 7.27. The molecule has 140 valence electrons. The van der Waals surface area contributed by atoms with E-state index in [4.69, 9.17) is 9.72 Å². The Bertz CT molecular complexity index is 698. The molecule has 2 aliphatic rings. The number of imidazole rings is 1. The van der Waals surface area contributed by atoms with Gasteiger partial charge >= 0.3 is 0 Å². The molecular weight excluding hydrogens is 324 g/mol. The first-order chi connectivity index (χ1) is 12.7. The summed E-state index contributed by atoms with van der Waals surface area (Å²) >= 11 is 0. The van der Waals surface area contributed by atoms with Gasteiger partial charge in [-0.1, -0.05) is 30.3 Å². The molecule has 5 nitrogen and oxygen atoms in total. The van der Waals surface area contributed by atoms with Gasteiger partial charge in [0, 0.05) is 49.0 Å². The first-order valence-corrected chi connectivity index (χ1v) is 9.93. The fraction of sp³-hybridized carbons (Fsp3) is 0.571. The number of hydrogen-bond donors (Lipinski definition) is 2. The molecule has 2 atom stereocenters. The number of rotatable bonds is 5. The average Bonchev–Trinajstić information content (AvgIpc) is 3.25. The van der Waals surface area contributed by atoms with Gasteiger partial charge in [0.2, 0.25) is 0 Å². The normalized spacial score (nSPS) is 27.1. The van der Waals surface area contributed by atoms with Crippen molar-refractivity contribution in [2.45, 2.75) is 57.7 Å². The van der Waals surface area contributed by atoms with Crippen LogP contribution in [-0.2, 0) is 11.3 Å². The molecule has 1 aromatic heterocycles. The summed E-state index contributed by atoms with van der Waals surface area (Å²) in [7, 11) is 0. The number of nitrogens with one attached hydrogen (secondary N) is 2. The van der Waals surface area contributed by atoms with Gasteiger partial charge in [-0.05, 0) is 39.0 Å². The van der Waals surface area contributed by atoms with Crippen molar-refractivity contribution < 1.29 is 4.74 Å². The molecule has 5 heteroatoms. The van der Waals surface area contributed by atoms with Crippen molar-refractivity contribution in [3.05, 3.63) is 42.4 Å². The predicted molar refractivity (Wildman–Crippen MR) is 104 cm³/mol. The van der Waals surface area contributed by atoms with Crippen LogP contribution >= 0.6 is 0 Å². The van der Waals surface area contributed by atoms with Gasteiger partial charge in [0.15, 0.2) is 0 Å². The smallest absolute Gasteiger partial charge is 0.0956 e. The van der Waals surface area contributed by atoms with Gasteiger partial charge in [0.1, 0.15) is 0 Å². The first kappa shape index (κ1) is 17.7. The van der Waals surface area contributed by atoms with Gasteiger partial charge < -0.3 is 9.30 Å². The van der Waals surface area contributed by atoms with Gasteiger partial charge in [-0.15, -0.1) is 0 Å². The van der Waals surface area contributed by atoms with Crippen LogP contribution in [-0.4, -0.2) is 34.8 Å². The lowest BCUT2D eigenvalue weighted by Crippen LogP contribution is -2.30. The molecule has 0 spiro atoms. The Morgan fingerprint density at radius 2 is 1.77 bits per heavy atom. The topological polar surface area (TPSA) is 51.1 Å². The second-order valence-corrected chi connectivity index (χ2v) is 7.74. The molecule has 0 amide bonds. The zero-order valence-electron chi connectivity index (χ0n) is 15.8. The summed E-state index contributed by atoms with van der Waals surface area (Å²) in [5.41, 5.74) is 10.5. The monoisotopic (exact) mass is 354 g/mol. The van der Waals surface area contributed by atoms with Crippen LogP contribution in [0, 0.1) is 5.92 Å². The number of benzene rings is 1. The SMILES string of the molecule is CC1NNC(C)C1CCn1cnc(-c2ccccc2)c1C1CCOCC1. The maximum atomic E-state index is 5.61. The van der Waals surface area contributed by atoms with E-state index in [2.05, 4.69) is 65.9 Å². The van der Waals surface area contributed by atoms with Crippen LogP contribution < -0.4 is 10.9 Å². The highest BCUT2D eigenvalue weighted by Crippen LogP contribution is 2.34. The molecule has 2 fully saturated rings. The summed E-state index contributed by atoms with van der Waals surface area (Å²) in [6.07, 6.45) is 5.39. The lowest BCUT2D eigenvalue weighted by atomic mass is 9.91. The number of aromatic nitrogens is 2. The molecule has 2 unspecified atom stereocenters. The van der Waals surface area contributed by atoms with Crippen LogP contribution in [0.25, 0.3) is 11.3 Å². The van der Waals surface area contributed by atoms with E-state index >= 15 is 0 Å².